The van der Waals surface area contributed by atoms with Crippen LogP contribution in [-0.2, 0) is 0 Å². The second kappa shape index (κ2) is 8.28. The number of nitrogens with zero attached hydrogens (tertiary/aromatic N) is 1. The van der Waals surface area contributed by atoms with E-state index in [0.29, 0.717) is 5.56 Å². The van der Waals surface area contributed by atoms with Crippen LogP contribution in [0.3, 0.4) is 0 Å². The molecule has 0 heterocycles. The maximum absolute atomic E-state index is 13.6. The van der Waals surface area contributed by atoms with Crippen LogP contribution in [0.4, 0.5) is 4.39 Å². The lowest BCUT2D eigenvalue weighted by atomic mass is 10.0. The number of aryl methyl sites for hydroxylation is 1. The van der Waals surface area contributed by atoms with Crippen molar-refractivity contribution < 1.29 is 4.39 Å². The summed E-state index contributed by atoms with van der Waals surface area (Å²) in [5, 5.41) is 3.28. The third kappa shape index (κ3) is 5.29. The van der Waals surface area contributed by atoms with Crippen molar-refractivity contribution in [2.75, 3.05) is 27.2 Å². The first kappa shape index (κ1) is 16.1. The van der Waals surface area contributed by atoms with Gasteiger partial charge in [0.25, 0.3) is 0 Å². The highest BCUT2D eigenvalue weighted by atomic mass is 19.1. The largest absolute Gasteiger partial charge is 0.313 e. The van der Waals surface area contributed by atoms with Crippen LogP contribution >= 0.6 is 0 Å². The van der Waals surface area contributed by atoms with Gasteiger partial charge in [-0.3, -0.25) is 0 Å². The second-order valence-corrected chi connectivity index (χ2v) is 5.30. The number of benzene rings is 1. The van der Waals surface area contributed by atoms with Gasteiger partial charge in [-0.25, -0.2) is 4.39 Å². The highest BCUT2D eigenvalue weighted by Crippen LogP contribution is 2.19. The quantitative estimate of drug-likeness (QED) is 0.774. The zero-order chi connectivity index (χ0) is 14.3. The molecule has 1 aromatic rings. The van der Waals surface area contributed by atoms with E-state index >= 15 is 0 Å². The predicted octanol–water partition coefficient (Wildman–Crippen LogP) is 3.52. The Morgan fingerprint density at radius 1 is 1.32 bits per heavy atom. The molecule has 1 atom stereocenters. The van der Waals surface area contributed by atoms with Gasteiger partial charge in [-0.1, -0.05) is 25.5 Å². The molecule has 0 saturated heterocycles. The van der Waals surface area contributed by atoms with Gasteiger partial charge in [0.2, 0.25) is 0 Å². The maximum Gasteiger partial charge on any atom is 0.126 e. The minimum Gasteiger partial charge on any atom is -0.313 e. The predicted molar refractivity (Wildman–Crippen MR) is 80.0 cm³/mol. The standard InChI is InChI=1S/C16H27FN2/c1-5-6-10-19(4)11-9-16(18-3)14-8-7-13(2)15(17)12-14/h7-8,12,16,18H,5-6,9-11H2,1-4H3. The Morgan fingerprint density at radius 2 is 2.05 bits per heavy atom. The van der Waals surface area contributed by atoms with Crippen molar-refractivity contribution in [3.8, 4) is 0 Å². The van der Waals surface area contributed by atoms with E-state index in [1.54, 1.807) is 13.0 Å². The van der Waals surface area contributed by atoms with E-state index < -0.39 is 0 Å². The van der Waals surface area contributed by atoms with Crippen LogP contribution in [0.25, 0.3) is 0 Å². The Bertz CT molecular complexity index is 379. The third-order valence-electron chi connectivity index (χ3n) is 3.64. The van der Waals surface area contributed by atoms with E-state index in [4.69, 9.17) is 0 Å². The van der Waals surface area contributed by atoms with Gasteiger partial charge in [-0.15, -0.1) is 0 Å². The summed E-state index contributed by atoms with van der Waals surface area (Å²) >= 11 is 0. The van der Waals surface area contributed by atoms with Gasteiger partial charge in [0.15, 0.2) is 0 Å². The minimum absolute atomic E-state index is 0.114. The number of nitrogens with one attached hydrogen (secondary N) is 1. The first-order valence-electron chi connectivity index (χ1n) is 7.20. The molecule has 19 heavy (non-hydrogen) atoms. The fraction of sp³-hybridized carbons (Fsp3) is 0.625. The van der Waals surface area contributed by atoms with Crippen molar-refractivity contribution in [1.29, 1.82) is 0 Å². The van der Waals surface area contributed by atoms with Crippen LogP contribution in [0.1, 0.15) is 43.4 Å². The van der Waals surface area contributed by atoms with E-state index in [-0.39, 0.29) is 11.9 Å². The molecule has 0 spiro atoms. The summed E-state index contributed by atoms with van der Waals surface area (Å²) in [5.74, 6) is -0.114. The number of rotatable bonds is 8. The average Bonchev–Trinajstić information content (AvgIpc) is 2.41. The lowest BCUT2D eigenvalue weighted by Crippen LogP contribution is -2.26. The Balaban J connectivity index is 2.55. The van der Waals surface area contributed by atoms with Crippen molar-refractivity contribution in [1.82, 2.24) is 10.2 Å². The Labute approximate surface area is 117 Å². The topological polar surface area (TPSA) is 15.3 Å². The first-order valence-corrected chi connectivity index (χ1v) is 7.20. The zero-order valence-electron chi connectivity index (χ0n) is 12.7. The smallest absolute Gasteiger partial charge is 0.126 e. The number of hydrogen-bond acceptors (Lipinski definition) is 2. The normalized spacial score (nSPS) is 12.9. The molecular formula is C16H27FN2. The van der Waals surface area contributed by atoms with Crippen LogP contribution in [-0.4, -0.2) is 32.1 Å². The summed E-state index contributed by atoms with van der Waals surface area (Å²) in [5.41, 5.74) is 1.74. The van der Waals surface area contributed by atoms with Gasteiger partial charge in [0, 0.05) is 6.04 Å². The van der Waals surface area contributed by atoms with Crippen LogP contribution < -0.4 is 5.32 Å². The van der Waals surface area contributed by atoms with E-state index in [2.05, 4.69) is 24.2 Å². The van der Waals surface area contributed by atoms with Crippen molar-refractivity contribution in [2.45, 2.75) is 39.2 Å². The van der Waals surface area contributed by atoms with Crippen LogP contribution in [0.5, 0.6) is 0 Å². The third-order valence-corrected chi connectivity index (χ3v) is 3.64. The van der Waals surface area contributed by atoms with Gasteiger partial charge in [-0.2, -0.15) is 0 Å². The van der Waals surface area contributed by atoms with Crippen LogP contribution in [0.2, 0.25) is 0 Å². The molecule has 2 nitrogen and oxygen atoms in total. The molecule has 1 unspecified atom stereocenters. The molecule has 0 bridgehead atoms. The highest BCUT2D eigenvalue weighted by Gasteiger charge is 2.11. The molecule has 1 aromatic carbocycles. The Morgan fingerprint density at radius 3 is 2.63 bits per heavy atom. The average molecular weight is 266 g/mol. The van der Waals surface area contributed by atoms with E-state index in [0.717, 1.165) is 25.1 Å². The van der Waals surface area contributed by atoms with Crippen LogP contribution in [0, 0.1) is 12.7 Å². The first-order chi connectivity index (χ1) is 9.08. The fourth-order valence-electron chi connectivity index (χ4n) is 2.19. The molecule has 1 rings (SSSR count). The maximum atomic E-state index is 13.6. The van der Waals surface area contributed by atoms with Crippen molar-refractivity contribution in [2.24, 2.45) is 0 Å². The van der Waals surface area contributed by atoms with Crippen molar-refractivity contribution >= 4 is 0 Å². The summed E-state index contributed by atoms with van der Waals surface area (Å²) in [6.45, 7) is 6.17. The summed E-state index contributed by atoms with van der Waals surface area (Å²) in [6, 6.07) is 5.75. The number of halogens is 1. The lowest BCUT2D eigenvalue weighted by molar-refractivity contribution is 0.306. The van der Waals surface area contributed by atoms with E-state index in [1.165, 1.54) is 12.8 Å². The van der Waals surface area contributed by atoms with Gasteiger partial charge in [0.1, 0.15) is 5.82 Å². The van der Waals surface area contributed by atoms with Gasteiger partial charge < -0.3 is 10.2 Å². The van der Waals surface area contributed by atoms with Gasteiger partial charge in [-0.05, 0) is 64.1 Å². The van der Waals surface area contributed by atoms with Crippen molar-refractivity contribution in [3.63, 3.8) is 0 Å². The molecule has 0 aliphatic carbocycles. The summed E-state index contributed by atoms with van der Waals surface area (Å²) in [7, 11) is 4.09. The summed E-state index contributed by atoms with van der Waals surface area (Å²) in [6.07, 6.45) is 3.46. The molecule has 0 aliphatic heterocycles. The SMILES string of the molecule is CCCCN(C)CCC(NC)c1ccc(C)c(F)c1. The number of unbranched alkanes of at least 4 members (excludes halogenated alkanes) is 1. The summed E-state index contributed by atoms with van der Waals surface area (Å²) < 4.78 is 13.6. The molecule has 3 heteroatoms. The molecule has 0 radical (unpaired) electrons. The van der Waals surface area contributed by atoms with Gasteiger partial charge >= 0.3 is 0 Å². The van der Waals surface area contributed by atoms with Gasteiger partial charge in [0.05, 0.1) is 0 Å². The van der Waals surface area contributed by atoms with E-state index in [9.17, 15) is 4.39 Å². The summed E-state index contributed by atoms with van der Waals surface area (Å²) in [4.78, 5) is 2.35. The second-order valence-electron chi connectivity index (χ2n) is 5.30. The zero-order valence-corrected chi connectivity index (χ0v) is 12.7. The highest BCUT2D eigenvalue weighted by molar-refractivity contribution is 5.25. The lowest BCUT2D eigenvalue weighted by Gasteiger charge is -2.22. The molecule has 108 valence electrons. The molecule has 0 aromatic heterocycles. The van der Waals surface area contributed by atoms with Crippen molar-refractivity contribution in [3.05, 3.63) is 35.1 Å². The molecule has 1 N–H and O–H groups in total. The minimum atomic E-state index is -0.114. The van der Waals surface area contributed by atoms with Crippen LogP contribution in [0.15, 0.2) is 18.2 Å². The molecule has 0 saturated carbocycles. The molecule has 0 amide bonds. The Kier molecular flexibility index (Phi) is 7.03. The fourth-order valence-corrected chi connectivity index (χ4v) is 2.19. The number of hydrogen-bond donors (Lipinski definition) is 1. The Hall–Kier alpha value is -0.930. The molecule has 0 fully saturated rings. The van der Waals surface area contributed by atoms with E-state index in [1.807, 2.05) is 19.2 Å². The monoisotopic (exact) mass is 266 g/mol. The molecular weight excluding hydrogens is 239 g/mol. The molecule has 0 aliphatic rings.